The van der Waals surface area contributed by atoms with Crippen molar-refractivity contribution in [3.05, 3.63) is 35.9 Å². The number of likely N-dealkylation sites (N-methyl/N-ethyl adjacent to an activating group) is 1. The van der Waals surface area contributed by atoms with Gasteiger partial charge in [0.15, 0.2) is 0 Å². The van der Waals surface area contributed by atoms with Crippen molar-refractivity contribution in [1.82, 2.24) is 25.6 Å². The summed E-state index contributed by atoms with van der Waals surface area (Å²) in [5.41, 5.74) is 0.701. The van der Waals surface area contributed by atoms with Crippen LogP contribution in [0.3, 0.4) is 0 Å². The highest BCUT2D eigenvalue weighted by atomic mass is 19.1. The maximum Gasteiger partial charge on any atom is 0.236 e. The number of aromatic nitrogens is 3. The Morgan fingerprint density at radius 3 is 2.90 bits per heavy atom. The van der Waals surface area contributed by atoms with E-state index in [1.54, 1.807) is 25.4 Å². The average Bonchev–Trinajstić information content (AvgIpc) is 3.55. The van der Waals surface area contributed by atoms with Gasteiger partial charge in [-0.15, -0.1) is 0 Å². The predicted molar refractivity (Wildman–Crippen MR) is 114 cm³/mol. The van der Waals surface area contributed by atoms with E-state index in [1.165, 1.54) is 6.07 Å². The van der Waals surface area contributed by atoms with Gasteiger partial charge in [-0.05, 0) is 45.4 Å². The smallest absolute Gasteiger partial charge is 0.236 e. The Bertz CT molecular complexity index is 936. The molecule has 2 heterocycles. The monoisotopic (exact) mass is 411 g/mol. The fraction of sp³-hybridized carbons (Fsp3) is 0.429. The van der Waals surface area contributed by atoms with Crippen molar-refractivity contribution in [3.63, 3.8) is 0 Å². The van der Waals surface area contributed by atoms with Crippen molar-refractivity contribution >= 4 is 23.5 Å². The molecule has 1 aliphatic carbocycles. The Balaban J connectivity index is 1.59. The number of anilines is 3. The molecule has 1 saturated carbocycles. The van der Waals surface area contributed by atoms with Gasteiger partial charge in [-0.1, -0.05) is 17.9 Å². The molecule has 0 unspecified atom stereocenters. The molecule has 0 spiro atoms. The van der Waals surface area contributed by atoms with E-state index in [-0.39, 0.29) is 11.9 Å². The van der Waals surface area contributed by atoms with Gasteiger partial charge in [-0.25, -0.2) is 9.97 Å². The van der Waals surface area contributed by atoms with Gasteiger partial charge in [0.1, 0.15) is 11.6 Å². The van der Waals surface area contributed by atoms with Crippen molar-refractivity contribution < 1.29 is 9.18 Å². The molecule has 8 nitrogen and oxygen atoms in total. The second kappa shape index (κ2) is 10.5. The Kier molecular flexibility index (Phi) is 7.51. The molecule has 1 atom stereocenters. The lowest BCUT2D eigenvalue weighted by Gasteiger charge is -2.10. The normalized spacial score (nSPS) is 13.7. The zero-order chi connectivity index (χ0) is 21.3. The summed E-state index contributed by atoms with van der Waals surface area (Å²) in [4.78, 5) is 24.2. The highest BCUT2D eigenvalue weighted by Gasteiger charge is 2.22. The fourth-order valence-electron chi connectivity index (χ4n) is 2.49. The molecule has 4 N–H and O–H groups in total. The average molecular weight is 411 g/mol. The molecule has 158 valence electrons. The van der Waals surface area contributed by atoms with E-state index >= 15 is 0 Å². The van der Waals surface area contributed by atoms with E-state index in [0.717, 1.165) is 19.3 Å². The van der Waals surface area contributed by atoms with E-state index in [4.69, 9.17) is 0 Å². The van der Waals surface area contributed by atoms with E-state index in [2.05, 4.69) is 48.1 Å². The molecule has 2 aromatic rings. The molecule has 1 fully saturated rings. The topological polar surface area (TPSA) is 104 Å². The second-order valence-electron chi connectivity index (χ2n) is 7.05. The van der Waals surface area contributed by atoms with Crippen LogP contribution in [-0.4, -0.2) is 46.5 Å². The molecule has 1 aliphatic rings. The SMILES string of the molecule is CN[C@@H](C)C(=O)NCCCC#Cc1cnc(Nc2cccc(F)n2)nc1NC1CC1. The second-order valence-corrected chi connectivity index (χ2v) is 7.05. The number of carbonyl (C=O) groups is 1. The first-order valence-electron chi connectivity index (χ1n) is 10.0. The van der Waals surface area contributed by atoms with Crippen LogP contribution in [0.5, 0.6) is 0 Å². The first-order chi connectivity index (χ1) is 14.5. The largest absolute Gasteiger partial charge is 0.366 e. The van der Waals surface area contributed by atoms with Crippen molar-refractivity contribution in [2.45, 2.75) is 44.7 Å². The number of amides is 1. The zero-order valence-corrected chi connectivity index (χ0v) is 17.1. The number of hydrogen-bond donors (Lipinski definition) is 4. The van der Waals surface area contributed by atoms with E-state index in [1.807, 2.05) is 6.92 Å². The molecule has 0 radical (unpaired) electrons. The summed E-state index contributed by atoms with van der Waals surface area (Å²) in [7, 11) is 1.75. The Labute approximate surface area is 175 Å². The highest BCUT2D eigenvalue weighted by molar-refractivity contribution is 5.81. The lowest BCUT2D eigenvalue weighted by molar-refractivity contribution is -0.122. The van der Waals surface area contributed by atoms with Gasteiger partial charge in [-0.3, -0.25) is 4.79 Å². The van der Waals surface area contributed by atoms with Crippen LogP contribution in [0.4, 0.5) is 22.0 Å². The number of hydrogen-bond acceptors (Lipinski definition) is 7. The van der Waals surface area contributed by atoms with Gasteiger partial charge in [0.05, 0.1) is 17.8 Å². The van der Waals surface area contributed by atoms with Crippen LogP contribution in [0, 0.1) is 17.8 Å². The molecule has 0 aromatic carbocycles. The van der Waals surface area contributed by atoms with Crippen LogP contribution < -0.4 is 21.3 Å². The number of rotatable bonds is 9. The highest BCUT2D eigenvalue weighted by Crippen LogP contribution is 2.26. The maximum absolute atomic E-state index is 13.3. The Morgan fingerprint density at radius 1 is 1.33 bits per heavy atom. The molecular formula is C21H26FN7O. The third-order valence-electron chi connectivity index (χ3n) is 4.49. The predicted octanol–water partition coefficient (Wildman–Crippen LogP) is 2.18. The van der Waals surface area contributed by atoms with Crippen LogP contribution >= 0.6 is 0 Å². The molecule has 0 aliphatic heterocycles. The van der Waals surface area contributed by atoms with Crippen LogP contribution in [0.1, 0.15) is 38.2 Å². The first-order valence-corrected chi connectivity index (χ1v) is 10.0. The van der Waals surface area contributed by atoms with E-state index in [0.29, 0.717) is 42.2 Å². The van der Waals surface area contributed by atoms with Crippen LogP contribution in [0.2, 0.25) is 0 Å². The molecule has 0 bridgehead atoms. The molecular weight excluding hydrogens is 385 g/mol. The minimum atomic E-state index is -0.574. The van der Waals surface area contributed by atoms with Crippen LogP contribution in [0.15, 0.2) is 24.4 Å². The summed E-state index contributed by atoms with van der Waals surface area (Å²) in [5, 5.41) is 12.0. The van der Waals surface area contributed by atoms with Crippen molar-refractivity contribution in [2.24, 2.45) is 0 Å². The van der Waals surface area contributed by atoms with E-state index < -0.39 is 5.95 Å². The summed E-state index contributed by atoms with van der Waals surface area (Å²) in [6, 6.07) is 4.67. The molecule has 1 amide bonds. The third kappa shape index (κ3) is 6.67. The number of pyridine rings is 1. The Hall–Kier alpha value is -3.25. The first kappa shape index (κ1) is 21.5. The number of halogens is 1. The van der Waals surface area contributed by atoms with Crippen LogP contribution in [0.25, 0.3) is 0 Å². The van der Waals surface area contributed by atoms with Crippen molar-refractivity contribution in [2.75, 3.05) is 24.2 Å². The number of nitrogens with zero attached hydrogens (tertiary/aromatic N) is 3. The number of carbonyl (C=O) groups excluding carboxylic acids is 1. The fourth-order valence-corrected chi connectivity index (χ4v) is 2.49. The van der Waals surface area contributed by atoms with Crippen LogP contribution in [-0.2, 0) is 4.79 Å². The van der Waals surface area contributed by atoms with Gasteiger partial charge in [0, 0.05) is 19.0 Å². The standard InChI is InChI=1S/C21H26FN7O/c1-14(23-2)20(30)24-12-5-3-4-7-15-13-25-21(29-19(15)26-16-10-11-16)28-18-9-6-8-17(22)27-18/h6,8-9,13-14,16,23H,3,5,10-12H2,1-2H3,(H,24,30)(H2,25,26,27,28,29)/t14-/m0/s1. The summed E-state index contributed by atoms with van der Waals surface area (Å²) in [6.45, 7) is 2.39. The van der Waals surface area contributed by atoms with Crippen molar-refractivity contribution in [3.8, 4) is 11.8 Å². The minimum Gasteiger partial charge on any atom is -0.366 e. The Morgan fingerprint density at radius 2 is 2.17 bits per heavy atom. The molecule has 30 heavy (non-hydrogen) atoms. The van der Waals surface area contributed by atoms with Crippen molar-refractivity contribution in [1.29, 1.82) is 0 Å². The lowest BCUT2D eigenvalue weighted by Crippen LogP contribution is -2.40. The number of unbranched alkanes of at least 4 members (excludes halogenated alkanes) is 1. The molecule has 9 heteroatoms. The molecule has 0 saturated heterocycles. The minimum absolute atomic E-state index is 0.0225. The molecule has 2 aromatic heterocycles. The summed E-state index contributed by atoms with van der Waals surface area (Å²) in [5.74, 6) is 6.92. The van der Waals surface area contributed by atoms with Gasteiger partial charge < -0.3 is 21.3 Å². The van der Waals surface area contributed by atoms with Gasteiger partial charge in [0.2, 0.25) is 17.8 Å². The number of nitrogens with one attached hydrogen (secondary N) is 4. The summed E-state index contributed by atoms with van der Waals surface area (Å²) in [6.07, 6.45) is 5.23. The summed E-state index contributed by atoms with van der Waals surface area (Å²) >= 11 is 0. The van der Waals surface area contributed by atoms with E-state index in [9.17, 15) is 9.18 Å². The van der Waals surface area contributed by atoms with Gasteiger partial charge in [-0.2, -0.15) is 9.37 Å². The van der Waals surface area contributed by atoms with Gasteiger partial charge >= 0.3 is 0 Å². The molecule has 3 rings (SSSR count). The summed E-state index contributed by atoms with van der Waals surface area (Å²) < 4.78 is 13.3. The zero-order valence-electron chi connectivity index (χ0n) is 17.1. The third-order valence-corrected chi connectivity index (χ3v) is 4.49. The van der Waals surface area contributed by atoms with Gasteiger partial charge in [0.25, 0.3) is 0 Å². The lowest BCUT2D eigenvalue weighted by atomic mass is 10.2. The maximum atomic E-state index is 13.3. The quantitative estimate of drug-likeness (QED) is 0.285.